The van der Waals surface area contributed by atoms with Gasteiger partial charge in [0.1, 0.15) is 0 Å². The number of nitrogens with two attached hydrogens (primary N) is 1. The molecule has 1 heterocycles. The van der Waals surface area contributed by atoms with Gasteiger partial charge >= 0.3 is 0 Å². The van der Waals surface area contributed by atoms with Crippen molar-refractivity contribution >= 4 is 56.2 Å². The number of halogens is 2. The van der Waals surface area contributed by atoms with Gasteiger partial charge in [-0.1, -0.05) is 34.5 Å². The van der Waals surface area contributed by atoms with Crippen LogP contribution in [0.2, 0.25) is 9.49 Å². The van der Waals surface area contributed by atoms with Crippen molar-refractivity contribution in [1.29, 1.82) is 0 Å². The van der Waals surface area contributed by atoms with Gasteiger partial charge in [-0.2, -0.15) is 0 Å². The first-order valence-corrected chi connectivity index (χ1v) is 8.08. The normalized spacial score (nSPS) is 11.3. The molecule has 10 heteroatoms. The zero-order chi connectivity index (χ0) is 14.9. The molecule has 0 saturated carbocycles. The number of amides is 1. The van der Waals surface area contributed by atoms with Crippen LogP contribution >= 0.6 is 34.5 Å². The Kier molecular flexibility index (Phi) is 4.19. The molecule has 0 bridgehead atoms. The van der Waals surface area contributed by atoms with Crippen LogP contribution in [0.1, 0.15) is 10.4 Å². The average Bonchev–Trinajstić information content (AvgIpc) is 2.78. The third-order valence-corrected chi connectivity index (χ3v) is 5.49. The number of carbonyl (C=O) groups is 1. The summed E-state index contributed by atoms with van der Waals surface area (Å²) in [6.07, 6.45) is 1.14. The van der Waals surface area contributed by atoms with Crippen LogP contribution in [-0.4, -0.2) is 19.3 Å². The highest BCUT2D eigenvalue weighted by molar-refractivity contribution is 7.94. The molecule has 0 radical (unpaired) electrons. The highest BCUT2D eigenvalue weighted by Gasteiger charge is 2.18. The quantitative estimate of drug-likeness (QED) is 0.882. The summed E-state index contributed by atoms with van der Waals surface area (Å²) < 4.78 is 26.4. The molecule has 20 heavy (non-hydrogen) atoms. The second-order valence-electron chi connectivity index (χ2n) is 3.60. The molecule has 0 atom stereocenters. The van der Waals surface area contributed by atoms with E-state index in [1.54, 1.807) is 0 Å². The standard InChI is InChI=1S/C10H7Cl2N3O3S2/c11-7-2-1-5(3-6(7)9(13)16)15-20(17,18)8-4-14-10(12)19-8/h1-4,15H,(H2,13,16). The van der Waals surface area contributed by atoms with Crippen molar-refractivity contribution in [3.05, 3.63) is 39.4 Å². The van der Waals surface area contributed by atoms with Crippen LogP contribution in [0.4, 0.5) is 5.69 Å². The molecule has 2 aromatic rings. The number of hydrogen-bond donors (Lipinski definition) is 2. The summed E-state index contributed by atoms with van der Waals surface area (Å²) in [5.41, 5.74) is 5.32. The van der Waals surface area contributed by atoms with Gasteiger partial charge in [-0.25, -0.2) is 13.4 Å². The van der Waals surface area contributed by atoms with Gasteiger partial charge < -0.3 is 5.73 Å². The molecule has 6 nitrogen and oxygen atoms in total. The molecule has 2 rings (SSSR count). The maximum absolute atomic E-state index is 12.0. The number of aromatic nitrogens is 1. The number of nitrogens with one attached hydrogen (secondary N) is 1. The molecule has 1 amide bonds. The largest absolute Gasteiger partial charge is 0.366 e. The van der Waals surface area contributed by atoms with E-state index in [-0.39, 0.29) is 24.9 Å². The highest BCUT2D eigenvalue weighted by atomic mass is 35.5. The van der Waals surface area contributed by atoms with Gasteiger partial charge in [0.25, 0.3) is 10.0 Å². The molecule has 1 aromatic carbocycles. The summed E-state index contributed by atoms with van der Waals surface area (Å²) in [6, 6.07) is 4.04. The maximum Gasteiger partial charge on any atom is 0.273 e. The van der Waals surface area contributed by atoms with E-state index in [4.69, 9.17) is 28.9 Å². The monoisotopic (exact) mass is 351 g/mol. The zero-order valence-corrected chi connectivity index (χ0v) is 12.8. The molecule has 0 unspecified atom stereocenters. The van der Waals surface area contributed by atoms with E-state index in [2.05, 4.69) is 9.71 Å². The Morgan fingerprint density at radius 3 is 2.60 bits per heavy atom. The van der Waals surface area contributed by atoms with Crippen LogP contribution in [-0.2, 0) is 10.0 Å². The number of nitrogens with zero attached hydrogens (tertiary/aromatic N) is 1. The number of benzene rings is 1. The molecule has 0 spiro atoms. The smallest absolute Gasteiger partial charge is 0.273 e. The van der Waals surface area contributed by atoms with E-state index in [1.807, 2.05) is 0 Å². The summed E-state index contributed by atoms with van der Waals surface area (Å²) in [4.78, 5) is 14.8. The van der Waals surface area contributed by atoms with Gasteiger partial charge in [-0.15, -0.1) is 0 Å². The fourth-order valence-corrected chi connectivity index (χ4v) is 3.90. The summed E-state index contributed by atoms with van der Waals surface area (Å²) in [5, 5.41) is 0.140. The molecule has 3 N–H and O–H groups in total. The lowest BCUT2D eigenvalue weighted by Gasteiger charge is -2.07. The average molecular weight is 352 g/mol. The van der Waals surface area contributed by atoms with Crippen molar-refractivity contribution in [3.8, 4) is 0 Å². The number of primary amides is 1. The third-order valence-electron chi connectivity index (χ3n) is 2.21. The molecule has 0 saturated heterocycles. The zero-order valence-electron chi connectivity index (χ0n) is 9.63. The Labute approximate surface area is 128 Å². The molecular weight excluding hydrogens is 345 g/mol. The SMILES string of the molecule is NC(=O)c1cc(NS(=O)(=O)c2cnc(Cl)s2)ccc1Cl. The second kappa shape index (κ2) is 5.57. The lowest BCUT2D eigenvalue weighted by molar-refractivity contribution is 0.100. The van der Waals surface area contributed by atoms with Crippen LogP contribution in [0.3, 0.4) is 0 Å². The van der Waals surface area contributed by atoms with E-state index in [9.17, 15) is 13.2 Å². The minimum absolute atomic E-state index is 0.0224. The highest BCUT2D eigenvalue weighted by Crippen LogP contribution is 2.26. The first kappa shape index (κ1) is 15.0. The predicted octanol–water partition coefficient (Wildman–Crippen LogP) is 2.35. The third kappa shape index (κ3) is 3.21. The van der Waals surface area contributed by atoms with Crippen LogP contribution in [0.25, 0.3) is 0 Å². The van der Waals surface area contributed by atoms with Crippen molar-refractivity contribution in [2.45, 2.75) is 4.21 Å². The van der Waals surface area contributed by atoms with Crippen LogP contribution in [0.5, 0.6) is 0 Å². The van der Waals surface area contributed by atoms with Crippen molar-refractivity contribution < 1.29 is 13.2 Å². The molecule has 0 fully saturated rings. The minimum atomic E-state index is -3.82. The summed E-state index contributed by atoms with van der Waals surface area (Å²) in [6.45, 7) is 0. The molecule has 0 aliphatic carbocycles. The molecule has 106 valence electrons. The van der Waals surface area contributed by atoms with Crippen LogP contribution in [0, 0.1) is 0 Å². The fourth-order valence-electron chi connectivity index (χ4n) is 1.35. The first-order chi connectivity index (χ1) is 9.29. The van der Waals surface area contributed by atoms with Crippen molar-refractivity contribution in [3.63, 3.8) is 0 Å². The maximum atomic E-state index is 12.0. The number of anilines is 1. The number of hydrogen-bond acceptors (Lipinski definition) is 5. The van der Waals surface area contributed by atoms with E-state index >= 15 is 0 Å². The van der Waals surface area contributed by atoms with Crippen molar-refractivity contribution in [2.75, 3.05) is 4.72 Å². The van der Waals surface area contributed by atoms with E-state index in [0.29, 0.717) is 0 Å². The Hall–Kier alpha value is -1.35. The summed E-state index contributed by atoms with van der Waals surface area (Å²) in [7, 11) is -3.82. The first-order valence-electron chi connectivity index (χ1n) is 5.03. The van der Waals surface area contributed by atoms with E-state index in [1.165, 1.54) is 18.2 Å². The Bertz CT molecular complexity index is 774. The van der Waals surface area contributed by atoms with Crippen LogP contribution < -0.4 is 10.5 Å². The van der Waals surface area contributed by atoms with Crippen molar-refractivity contribution in [2.24, 2.45) is 5.73 Å². The van der Waals surface area contributed by atoms with Gasteiger partial charge in [0, 0.05) is 5.69 Å². The van der Waals surface area contributed by atoms with Gasteiger partial charge in [0.15, 0.2) is 8.68 Å². The molecule has 1 aromatic heterocycles. The van der Waals surface area contributed by atoms with Crippen molar-refractivity contribution in [1.82, 2.24) is 4.98 Å². The van der Waals surface area contributed by atoms with Gasteiger partial charge in [0.05, 0.1) is 16.8 Å². The lowest BCUT2D eigenvalue weighted by Crippen LogP contribution is -2.14. The summed E-state index contributed by atoms with van der Waals surface area (Å²) >= 11 is 12.2. The number of sulfonamides is 1. The van der Waals surface area contributed by atoms with E-state index in [0.717, 1.165) is 17.5 Å². The Morgan fingerprint density at radius 2 is 2.05 bits per heavy atom. The van der Waals surface area contributed by atoms with Gasteiger partial charge in [-0.05, 0) is 18.2 Å². The van der Waals surface area contributed by atoms with E-state index < -0.39 is 15.9 Å². The molecular formula is C10H7Cl2N3O3S2. The second-order valence-corrected chi connectivity index (χ2v) is 7.53. The number of thiazole rings is 1. The topological polar surface area (TPSA) is 102 Å². The summed E-state index contributed by atoms with van der Waals surface area (Å²) in [5.74, 6) is -0.753. The fraction of sp³-hybridized carbons (Fsp3) is 0. The Balaban J connectivity index is 2.35. The lowest BCUT2D eigenvalue weighted by atomic mass is 10.2. The molecule has 0 aliphatic heterocycles. The van der Waals surface area contributed by atoms with Gasteiger partial charge in [-0.3, -0.25) is 9.52 Å². The predicted molar refractivity (Wildman–Crippen MR) is 77.9 cm³/mol. The van der Waals surface area contributed by atoms with Gasteiger partial charge in [0.2, 0.25) is 5.91 Å². The number of rotatable bonds is 4. The Morgan fingerprint density at radius 1 is 1.35 bits per heavy atom. The minimum Gasteiger partial charge on any atom is -0.366 e. The molecule has 0 aliphatic rings. The number of carbonyl (C=O) groups excluding carboxylic acids is 1. The van der Waals surface area contributed by atoms with Crippen LogP contribution in [0.15, 0.2) is 28.6 Å².